The Labute approximate surface area is 146 Å². The van der Waals surface area contributed by atoms with Crippen LogP contribution in [0.5, 0.6) is 10.8 Å². The van der Waals surface area contributed by atoms with Crippen molar-refractivity contribution < 1.29 is 9.53 Å². The number of benzene rings is 1. The van der Waals surface area contributed by atoms with Crippen LogP contribution in [0, 0.1) is 5.92 Å². The maximum atomic E-state index is 12.6. The first-order chi connectivity index (χ1) is 11.7. The van der Waals surface area contributed by atoms with E-state index in [1.165, 1.54) is 37.3 Å². The Hall–Kier alpha value is -1.85. The summed E-state index contributed by atoms with van der Waals surface area (Å²) in [5.41, 5.74) is 0. The average molecular weight is 342 g/mol. The molecule has 0 saturated carbocycles. The SMILES string of the molecule is C[C@H]1[C@H](NC(=O)c2ccc(Oc3ccccc3)s2)C2CCN1CC2. The third kappa shape index (κ3) is 3.06. The normalized spacial score (nSPS) is 28.5. The van der Waals surface area contributed by atoms with E-state index < -0.39 is 0 Å². The molecular formula is C19H22N2O2S. The number of para-hydroxylation sites is 1. The van der Waals surface area contributed by atoms with Crippen LogP contribution in [-0.2, 0) is 0 Å². The average Bonchev–Trinajstić information content (AvgIpc) is 3.08. The van der Waals surface area contributed by atoms with Gasteiger partial charge in [-0.15, -0.1) is 0 Å². The molecule has 4 heterocycles. The van der Waals surface area contributed by atoms with Gasteiger partial charge >= 0.3 is 0 Å². The molecule has 0 aliphatic carbocycles. The predicted molar refractivity (Wildman–Crippen MR) is 95.8 cm³/mol. The lowest BCUT2D eigenvalue weighted by Gasteiger charge is -2.49. The molecule has 126 valence electrons. The highest BCUT2D eigenvalue weighted by Crippen LogP contribution is 2.33. The summed E-state index contributed by atoms with van der Waals surface area (Å²) in [6, 6.07) is 14.1. The lowest BCUT2D eigenvalue weighted by molar-refractivity contribution is 0.0218. The molecule has 0 spiro atoms. The molecule has 2 aromatic rings. The van der Waals surface area contributed by atoms with Crippen molar-refractivity contribution in [2.75, 3.05) is 13.1 Å². The van der Waals surface area contributed by atoms with E-state index in [0.29, 0.717) is 16.8 Å². The summed E-state index contributed by atoms with van der Waals surface area (Å²) in [6.07, 6.45) is 2.39. The standard InChI is InChI=1S/C19H22N2O2S/c1-13-18(14-9-11-21(13)12-10-14)20-19(22)16-7-8-17(24-16)23-15-5-3-2-4-6-15/h2-8,13-14,18H,9-12H2,1H3,(H,20,22)/t13-,18-/m0/s1. The maximum Gasteiger partial charge on any atom is 0.261 e. The van der Waals surface area contributed by atoms with Gasteiger partial charge in [-0.2, -0.15) is 0 Å². The Morgan fingerprint density at radius 1 is 1.17 bits per heavy atom. The molecule has 3 fully saturated rings. The van der Waals surface area contributed by atoms with Crippen LogP contribution >= 0.6 is 11.3 Å². The summed E-state index contributed by atoms with van der Waals surface area (Å²) in [5.74, 6) is 1.43. The van der Waals surface area contributed by atoms with E-state index in [1.54, 1.807) is 0 Å². The monoisotopic (exact) mass is 342 g/mol. The molecule has 2 bridgehead atoms. The zero-order valence-corrected chi connectivity index (χ0v) is 14.6. The van der Waals surface area contributed by atoms with E-state index in [4.69, 9.17) is 4.74 Å². The highest BCUT2D eigenvalue weighted by atomic mass is 32.1. The number of amides is 1. The molecule has 3 aliphatic heterocycles. The molecular weight excluding hydrogens is 320 g/mol. The van der Waals surface area contributed by atoms with E-state index in [0.717, 1.165) is 10.8 Å². The van der Waals surface area contributed by atoms with Crippen LogP contribution in [0.1, 0.15) is 29.4 Å². The van der Waals surface area contributed by atoms with Crippen LogP contribution in [0.2, 0.25) is 0 Å². The van der Waals surface area contributed by atoms with Crippen LogP contribution in [0.3, 0.4) is 0 Å². The molecule has 24 heavy (non-hydrogen) atoms. The molecule has 3 aliphatic rings. The summed E-state index contributed by atoms with van der Waals surface area (Å²) in [4.78, 5) is 15.8. The number of ether oxygens (including phenoxy) is 1. The topological polar surface area (TPSA) is 41.6 Å². The van der Waals surface area contributed by atoms with Crippen molar-refractivity contribution in [3.05, 3.63) is 47.3 Å². The molecule has 3 saturated heterocycles. The highest BCUT2D eigenvalue weighted by molar-refractivity contribution is 7.15. The predicted octanol–water partition coefficient (Wildman–Crippen LogP) is 3.75. The lowest BCUT2D eigenvalue weighted by Crippen LogP contribution is -2.62. The van der Waals surface area contributed by atoms with Gasteiger partial charge in [0.1, 0.15) is 5.75 Å². The number of nitrogens with one attached hydrogen (secondary N) is 1. The fourth-order valence-corrected chi connectivity index (χ4v) is 4.65. The molecule has 0 radical (unpaired) electrons. The number of hydrogen-bond donors (Lipinski definition) is 1. The molecule has 0 unspecified atom stereocenters. The molecule has 5 heteroatoms. The zero-order valence-electron chi connectivity index (χ0n) is 13.8. The first kappa shape index (κ1) is 15.7. The summed E-state index contributed by atoms with van der Waals surface area (Å²) < 4.78 is 5.80. The van der Waals surface area contributed by atoms with Crippen LogP contribution < -0.4 is 10.1 Å². The Morgan fingerprint density at radius 3 is 2.62 bits per heavy atom. The van der Waals surface area contributed by atoms with Crippen LogP contribution in [0.15, 0.2) is 42.5 Å². The van der Waals surface area contributed by atoms with Gasteiger partial charge in [0.15, 0.2) is 5.06 Å². The van der Waals surface area contributed by atoms with Gasteiger partial charge in [0.25, 0.3) is 5.91 Å². The maximum absolute atomic E-state index is 12.6. The lowest BCUT2D eigenvalue weighted by atomic mass is 9.79. The van der Waals surface area contributed by atoms with E-state index in [2.05, 4.69) is 17.1 Å². The van der Waals surface area contributed by atoms with Gasteiger partial charge in [-0.05, 0) is 63.0 Å². The van der Waals surface area contributed by atoms with Crippen molar-refractivity contribution in [3.8, 4) is 10.8 Å². The Balaban J connectivity index is 1.42. The summed E-state index contributed by atoms with van der Waals surface area (Å²) in [6.45, 7) is 4.58. The van der Waals surface area contributed by atoms with E-state index in [-0.39, 0.29) is 11.9 Å². The molecule has 1 N–H and O–H groups in total. The van der Waals surface area contributed by atoms with E-state index in [9.17, 15) is 4.79 Å². The third-order valence-electron chi connectivity index (χ3n) is 5.24. The van der Waals surface area contributed by atoms with E-state index >= 15 is 0 Å². The van der Waals surface area contributed by atoms with Gasteiger partial charge in [-0.25, -0.2) is 0 Å². The van der Waals surface area contributed by atoms with Gasteiger partial charge in [0.05, 0.1) is 4.88 Å². The van der Waals surface area contributed by atoms with Gasteiger partial charge in [0.2, 0.25) is 0 Å². The number of fused-ring (bicyclic) bond motifs is 3. The van der Waals surface area contributed by atoms with Crippen molar-refractivity contribution in [3.63, 3.8) is 0 Å². The minimum absolute atomic E-state index is 0.0218. The Kier molecular flexibility index (Phi) is 4.29. The first-order valence-corrected chi connectivity index (χ1v) is 9.40. The van der Waals surface area contributed by atoms with Crippen molar-refractivity contribution >= 4 is 17.2 Å². The highest BCUT2D eigenvalue weighted by Gasteiger charge is 2.40. The van der Waals surface area contributed by atoms with Gasteiger partial charge in [-0.3, -0.25) is 9.69 Å². The first-order valence-electron chi connectivity index (χ1n) is 8.58. The summed E-state index contributed by atoms with van der Waals surface area (Å²) in [7, 11) is 0. The van der Waals surface area contributed by atoms with Crippen molar-refractivity contribution in [1.82, 2.24) is 10.2 Å². The number of carbonyl (C=O) groups excluding carboxylic acids is 1. The Morgan fingerprint density at radius 2 is 1.92 bits per heavy atom. The number of nitrogens with zero attached hydrogens (tertiary/aromatic N) is 1. The second kappa shape index (κ2) is 6.57. The summed E-state index contributed by atoms with van der Waals surface area (Å²) in [5, 5.41) is 4.01. The molecule has 5 rings (SSSR count). The van der Waals surface area contributed by atoms with Crippen molar-refractivity contribution in [1.29, 1.82) is 0 Å². The Bertz CT molecular complexity index is 705. The number of hydrogen-bond acceptors (Lipinski definition) is 4. The number of rotatable bonds is 4. The summed E-state index contributed by atoms with van der Waals surface area (Å²) >= 11 is 1.40. The second-order valence-electron chi connectivity index (χ2n) is 6.65. The fraction of sp³-hybridized carbons (Fsp3) is 0.421. The van der Waals surface area contributed by atoms with Crippen LogP contribution in [0.4, 0.5) is 0 Å². The smallest absolute Gasteiger partial charge is 0.261 e. The molecule has 1 aromatic carbocycles. The fourth-order valence-electron chi connectivity index (χ4n) is 3.87. The van der Waals surface area contributed by atoms with Crippen molar-refractivity contribution in [2.45, 2.75) is 31.8 Å². The van der Waals surface area contributed by atoms with Crippen molar-refractivity contribution in [2.24, 2.45) is 5.92 Å². The zero-order chi connectivity index (χ0) is 16.5. The van der Waals surface area contributed by atoms with Gasteiger partial charge < -0.3 is 10.1 Å². The van der Waals surface area contributed by atoms with E-state index in [1.807, 2.05) is 42.5 Å². The second-order valence-corrected chi connectivity index (χ2v) is 7.69. The molecule has 4 nitrogen and oxygen atoms in total. The molecule has 1 amide bonds. The molecule has 2 atom stereocenters. The van der Waals surface area contributed by atoms with Crippen LogP contribution in [0.25, 0.3) is 0 Å². The van der Waals surface area contributed by atoms with Gasteiger partial charge in [-0.1, -0.05) is 29.5 Å². The largest absolute Gasteiger partial charge is 0.447 e. The van der Waals surface area contributed by atoms with Crippen LogP contribution in [-0.4, -0.2) is 36.0 Å². The number of piperidine rings is 3. The number of thiophene rings is 1. The quantitative estimate of drug-likeness (QED) is 0.920. The number of carbonyl (C=O) groups is 1. The molecule has 1 aromatic heterocycles. The van der Waals surface area contributed by atoms with Gasteiger partial charge in [0, 0.05) is 12.1 Å². The minimum Gasteiger partial charge on any atom is -0.447 e. The third-order valence-corrected chi connectivity index (χ3v) is 6.20. The minimum atomic E-state index is 0.0218.